The van der Waals surface area contributed by atoms with Gasteiger partial charge in [0.25, 0.3) is 0 Å². The monoisotopic (exact) mass is 180 g/mol. The van der Waals surface area contributed by atoms with Gasteiger partial charge < -0.3 is 0 Å². The first-order valence-electron chi connectivity index (χ1n) is 3.77. The lowest BCUT2D eigenvalue weighted by atomic mass is 10.3. The molecule has 1 atom stereocenters. The predicted molar refractivity (Wildman–Crippen MR) is 43.8 cm³/mol. The summed E-state index contributed by atoms with van der Waals surface area (Å²) in [6.07, 6.45) is 2.98. The zero-order valence-corrected chi connectivity index (χ0v) is 7.04. The fourth-order valence-electron chi connectivity index (χ4n) is 0.930. The van der Waals surface area contributed by atoms with Gasteiger partial charge in [-0.2, -0.15) is 10.4 Å². The summed E-state index contributed by atoms with van der Waals surface area (Å²) in [4.78, 5) is 9.75. The van der Waals surface area contributed by atoms with Gasteiger partial charge in [-0.05, 0) is 6.42 Å². The van der Waals surface area contributed by atoms with Gasteiger partial charge >= 0.3 is 5.69 Å². The maximum atomic E-state index is 10.3. The smallest absolute Gasteiger partial charge is 0.258 e. The lowest BCUT2D eigenvalue weighted by Gasteiger charge is -2.03. The van der Waals surface area contributed by atoms with Crippen LogP contribution in [-0.2, 0) is 0 Å². The Morgan fingerprint density at radius 1 is 1.92 bits per heavy atom. The summed E-state index contributed by atoms with van der Waals surface area (Å²) in [5, 5.41) is 22.7. The minimum Gasteiger partial charge on any atom is -0.258 e. The highest BCUT2D eigenvalue weighted by Gasteiger charge is 2.13. The van der Waals surface area contributed by atoms with E-state index >= 15 is 0 Å². The second-order valence-corrected chi connectivity index (χ2v) is 2.49. The summed E-state index contributed by atoms with van der Waals surface area (Å²) in [6, 6.07) is 1.58. The number of nitro groups is 1. The van der Waals surface area contributed by atoms with E-state index in [0.717, 1.165) is 6.20 Å². The van der Waals surface area contributed by atoms with Gasteiger partial charge in [0.15, 0.2) is 0 Å². The zero-order valence-electron chi connectivity index (χ0n) is 7.04. The molecule has 0 fully saturated rings. The van der Waals surface area contributed by atoms with Crippen LogP contribution in [0.15, 0.2) is 12.4 Å². The van der Waals surface area contributed by atoms with Crippen LogP contribution in [-0.4, -0.2) is 14.7 Å². The first-order chi connectivity index (χ1) is 6.19. The highest BCUT2D eigenvalue weighted by atomic mass is 16.6. The molecule has 0 saturated heterocycles. The minimum atomic E-state index is -0.534. The van der Waals surface area contributed by atoms with Gasteiger partial charge in [0.1, 0.15) is 18.4 Å². The Morgan fingerprint density at radius 3 is 3.00 bits per heavy atom. The summed E-state index contributed by atoms with van der Waals surface area (Å²) >= 11 is 0. The number of nitrogens with zero attached hydrogens (tertiary/aromatic N) is 4. The van der Waals surface area contributed by atoms with E-state index in [1.54, 1.807) is 0 Å². The first kappa shape index (κ1) is 9.19. The Bertz CT molecular complexity index is 352. The number of hydrogen-bond donors (Lipinski definition) is 0. The van der Waals surface area contributed by atoms with Crippen molar-refractivity contribution in [3.05, 3.63) is 22.5 Å². The summed E-state index contributed by atoms with van der Waals surface area (Å²) in [7, 11) is 0. The first-order valence-corrected chi connectivity index (χ1v) is 3.77. The van der Waals surface area contributed by atoms with Crippen molar-refractivity contribution in [1.29, 1.82) is 5.26 Å². The van der Waals surface area contributed by atoms with Crippen LogP contribution in [0.2, 0.25) is 0 Å². The Hall–Kier alpha value is -1.90. The van der Waals surface area contributed by atoms with Crippen LogP contribution in [0, 0.1) is 21.4 Å². The molecule has 6 heteroatoms. The fraction of sp³-hybridized carbons (Fsp3) is 0.429. The molecule has 1 heterocycles. The third kappa shape index (κ3) is 1.82. The quantitative estimate of drug-likeness (QED) is 0.517. The molecular weight excluding hydrogens is 172 g/mol. The van der Waals surface area contributed by atoms with E-state index in [4.69, 9.17) is 5.26 Å². The summed E-state index contributed by atoms with van der Waals surface area (Å²) in [5.41, 5.74) is -0.0892. The van der Waals surface area contributed by atoms with Crippen molar-refractivity contribution in [3.63, 3.8) is 0 Å². The van der Waals surface area contributed by atoms with Gasteiger partial charge in [0.05, 0.1) is 11.0 Å². The van der Waals surface area contributed by atoms with Crippen LogP contribution in [0.5, 0.6) is 0 Å². The molecule has 13 heavy (non-hydrogen) atoms. The number of aromatic nitrogens is 2. The topological polar surface area (TPSA) is 84.8 Å². The maximum Gasteiger partial charge on any atom is 0.307 e. The Balaban J connectivity index is 2.92. The van der Waals surface area contributed by atoms with E-state index < -0.39 is 11.0 Å². The molecule has 1 unspecified atom stereocenters. The molecule has 1 aromatic heterocycles. The fourth-order valence-corrected chi connectivity index (χ4v) is 0.930. The number of nitriles is 1. The van der Waals surface area contributed by atoms with Crippen molar-refractivity contribution in [3.8, 4) is 6.07 Å². The van der Waals surface area contributed by atoms with Crippen LogP contribution in [0.3, 0.4) is 0 Å². The molecule has 0 spiro atoms. The van der Waals surface area contributed by atoms with E-state index in [-0.39, 0.29) is 5.69 Å². The van der Waals surface area contributed by atoms with E-state index in [1.807, 2.05) is 13.0 Å². The van der Waals surface area contributed by atoms with Crippen molar-refractivity contribution in [2.24, 2.45) is 0 Å². The second kappa shape index (κ2) is 3.67. The lowest BCUT2D eigenvalue weighted by molar-refractivity contribution is -0.385. The summed E-state index contributed by atoms with van der Waals surface area (Å²) < 4.78 is 1.30. The van der Waals surface area contributed by atoms with Crippen molar-refractivity contribution in [2.75, 3.05) is 0 Å². The van der Waals surface area contributed by atoms with Crippen molar-refractivity contribution in [1.82, 2.24) is 9.78 Å². The van der Waals surface area contributed by atoms with E-state index in [0.29, 0.717) is 6.42 Å². The molecule has 6 nitrogen and oxygen atoms in total. The molecule has 1 rings (SSSR count). The second-order valence-electron chi connectivity index (χ2n) is 2.49. The van der Waals surface area contributed by atoms with E-state index in [9.17, 15) is 10.1 Å². The third-order valence-corrected chi connectivity index (χ3v) is 1.65. The van der Waals surface area contributed by atoms with Gasteiger partial charge in [-0.3, -0.25) is 10.1 Å². The zero-order chi connectivity index (χ0) is 9.84. The molecule has 0 amide bonds. The third-order valence-electron chi connectivity index (χ3n) is 1.65. The average molecular weight is 180 g/mol. The molecular formula is C7H8N4O2. The standard InChI is InChI=1S/C7H8N4O2/c1-2-6(3-8)10-5-7(4-9-10)11(12)13/h4-6H,2H2,1H3. The Morgan fingerprint density at radius 2 is 2.62 bits per heavy atom. The van der Waals surface area contributed by atoms with Crippen LogP contribution in [0.4, 0.5) is 5.69 Å². The molecule has 1 aromatic rings. The predicted octanol–water partition coefficient (Wildman–Crippen LogP) is 1.27. The molecule has 0 aromatic carbocycles. The molecule has 0 aliphatic rings. The number of hydrogen-bond acceptors (Lipinski definition) is 4. The van der Waals surface area contributed by atoms with Gasteiger partial charge in [-0.15, -0.1) is 0 Å². The van der Waals surface area contributed by atoms with Gasteiger partial charge in [0.2, 0.25) is 0 Å². The van der Waals surface area contributed by atoms with Crippen LogP contribution in [0.1, 0.15) is 19.4 Å². The summed E-state index contributed by atoms with van der Waals surface area (Å²) in [5.74, 6) is 0. The van der Waals surface area contributed by atoms with Crippen molar-refractivity contribution < 1.29 is 4.92 Å². The average Bonchev–Trinajstić information content (AvgIpc) is 2.56. The molecule has 0 bridgehead atoms. The highest BCUT2D eigenvalue weighted by Crippen LogP contribution is 2.14. The molecule has 0 radical (unpaired) electrons. The highest BCUT2D eigenvalue weighted by molar-refractivity contribution is 5.21. The maximum absolute atomic E-state index is 10.3. The van der Waals surface area contributed by atoms with Crippen molar-refractivity contribution in [2.45, 2.75) is 19.4 Å². The van der Waals surface area contributed by atoms with E-state index in [1.165, 1.54) is 10.9 Å². The number of rotatable bonds is 3. The SMILES string of the molecule is CCC(C#N)n1cc([N+](=O)[O-])cn1. The Labute approximate surface area is 74.5 Å². The molecule has 0 N–H and O–H groups in total. The lowest BCUT2D eigenvalue weighted by Crippen LogP contribution is -2.05. The van der Waals surface area contributed by atoms with Gasteiger partial charge in [-0.25, -0.2) is 4.68 Å². The largest absolute Gasteiger partial charge is 0.307 e. The van der Waals surface area contributed by atoms with Gasteiger partial charge in [-0.1, -0.05) is 6.92 Å². The van der Waals surface area contributed by atoms with Crippen molar-refractivity contribution >= 4 is 5.69 Å². The minimum absolute atomic E-state index is 0.0892. The molecule has 0 aliphatic carbocycles. The van der Waals surface area contributed by atoms with Gasteiger partial charge in [0, 0.05) is 0 Å². The van der Waals surface area contributed by atoms with Crippen LogP contribution in [0.25, 0.3) is 0 Å². The molecule has 0 aliphatic heterocycles. The Kier molecular flexibility index (Phi) is 2.59. The van der Waals surface area contributed by atoms with Crippen LogP contribution >= 0.6 is 0 Å². The normalized spacial score (nSPS) is 12.0. The molecule has 68 valence electrons. The summed E-state index contributed by atoms with van der Waals surface area (Å²) in [6.45, 7) is 1.82. The molecule has 0 saturated carbocycles. The van der Waals surface area contributed by atoms with E-state index in [2.05, 4.69) is 5.10 Å². The van der Waals surface area contributed by atoms with Crippen LogP contribution < -0.4 is 0 Å².